The molecule has 0 amide bonds. The second-order valence-electron chi connectivity index (χ2n) is 5.75. The Labute approximate surface area is 121 Å². The second kappa shape index (κ2) is 13.1. The molecular weight excluding hydrogens is 228 g/mol. The van der Waals surface area contributed by atoms with Crippen molar-refractivity contribution in [1.29, 1.82) is 0 Å². The zero-order valence-electron chi connectivity index (χ0n) is 14.1. The molecule has 0 saturated heterocycles. The van der Waals surface area contributed by atoms with Crippen molar-refractivity contribution in [2.24, 2.45) is 5.92 Å². The van der Waals surface area contributed by atoms with Crippen LogP contribution in [0.4, 0.5) is 0 Å². The van der Waals surface area contributed by atoms with Gasteiger partial charge in [-0.25, -0.2) is 0 Å². The van der Waals surface area contributed by atoms with E-state index in [9.17, 15) is 0 Å². The molecule has 0 aliphatic heterocycles. The van der Waals surface area contributed by atoms with Crippen molar-refractivity contribution < 1.29 is 0 Å². The third-order valence-electron chi connectivity index (χ3n) is 1.90. The lowest BCUT2D eigenvalue weighted by atomic mass is 10.2. The van der Waals surface area contributed by atoms with Crippen molar-refractivity contribution >= 4 is 0 Å². The van der Waals surface area contributed by atoms with Gasteiger partial charge in [-0.2, -0.15) is 0 Å². The first-order valence-corrected chi connectivity index (χ1v) is 7.02. The maximum atomic E-state index is 2.19. The summed E-state index contributed by atoms with van der Waals surface area (Å²) < 4.78 is 0. The van der Waals surface area contributed by atoms with Crippen LogP contribution in [-0.2, 0) is 0 Å². The van der Waals surface area contributed by atoms with Crippen LogP contribution in [-0.4, -0.2) is 0 Å². The number of hydrogen-bond acceptors (Lipinski definition) is 0. The highest BCUT2D eigenvalue weighted by Gasteiger charge is 1.79. The first-order valence-electron chi connectivity index (χ1n) is 7.02. The van der Waals surface area contributed by atoms with Gasteiger partial charge in [0.25, 0.3) is 0 Å². The Kier molecular flexibility index (Phi) is 13.8. The molecule has 0 aromatic heterocycles. The number of rotatable bonds is 4. The smallest absolute Gasteiger partial charge is 0.0287 e. The normalized spacial score (nSPS) is 10.2. The van der Waals surface area contributed by atoms with Gasteiger partial charge >= 0.3 is 0 Å². The highest BCUT2D eigenvalue weighted by atomic mass is 13.9. The maximum Gasteiger partial charge on any atom is -0.0287 e. The number of hydrogen-bond donors (Lipinski definition) is 0. The summed E-state index contributed by atoms with van der Waals surface area (Å²) in [7, 11) is 0. The maximum absolute atomic E-state index is 2.19. The van der Waals surface area contributed by atoms with Crippen molar-refractivity contribution in [3.8, 4) is 0 Å². The summed E-state index contributed by atoms with van der Waals surface area (Å²) >= 11 is 0. The van der Waals surface area contributed by atoms with Gasteiger partial charge in [-0.3, -0.25) is 0 Å². The molecule has 0 N–H and O–H groups in total. The first-order chi connectivity index (χ1) is 8.75. The predicted molar refractivity (Wildman–Crippen MR) is 91.4 cm³/mol. The van der Waals surface area contributed by atoms with Crippen LogP contribution in [0, 0.1) is 5.92 Å². The molecule has 0 spiro atoms. The Hall–Kier alpha value is -1.30. The molecule has 0 radical (unpaired) electrons. The van der Waals surface area contributed by atoms with Gasteiger partial charge in [-0.15, -0.1) is 0 Å². The molecular formula is C19H32. The summed E-state index contributed by atoms with van der Waals surface area (Å²) in [6, 6.07) is 0. The van der Waals surface area contributed by atoms with E-state index in [2.05, 4.69) is 97.9 Å². The lowest BCUT2D eigenvalue weighted by Crippen LogP contribution is -1.74. The van der Waals surface area contributed by atoms with E-state index in [1.165, 1.54) is 16.7 Å². The molecule has 108 valence electrons. The van der Waals surface area contributed by atoms with Crippen molar-refractivity contribution in [3.05, 3.63) is 59.3 Å². The van der Waals surface area contributed by atoms with Crippen LogP contribution in [0.1, 0.15) is 55.4 Å². The fourth-order valence-electron chi connectivity index (χ4n) is 0.966. The molecule has 0 aliphatic carbocycles. The summed E-state index contributed by atoms with van der Waals surface area (Å²) in [6.45, 7) is 16.9. The molecule has 0 atom stereocenters. The first kappa shape index (κ1) is 20.0. The van der Waals surface area contributed by atoms with E-state index in [-0.39, 0.29) is 0 Å². The van der Waals surface area contributed by atoms with Crippen LogP contribution < -0.4 is 0 Å². The van der Waals surface area contributed by atoms with Gasteiger partial charge in [0.1, 0.15) is 0 Å². The van der Waals surface area contributed by atoms with Crippen LogP contribution >= 0.6 is 0 Å². The van der Waals surface area contributed by atoms with Gasteiger partial charge in [0, 0.05) is 0 Å². The monoisotopic (exact) mass is 260 g/mol. The molecule has 0 saturated carbocycles. The summed E-state index contributed by atoms with van der Waals surface area (Å²) in [4.78, 5) is 0. The SMILES string of the molecule is CC(C)=CC=CC(C)C.CC(C)=CC=CC=C(C)C. The Morgan fingerprint density at radius 3 is 1.16 bits per heavy atom. The van der Waals surface area contributed by atoms with Gasteiger partial charge < -0.3 is 0 Å². The molecule has 0 unspecified atom stereocenters. The van der Waals surface area contributed by atoms with E-state index in [0.29, 0.717) is 5.92 Å². The molecule has 0 nitrogen and oxygen atoms in total. The van der Waals surface area contributed by atoms with Gasteiger partial charge in [-0.05, 0) is 47.5 Å². The molecule has 0 aromatic rings. The average Bonchev–Trinajstić information content (AvgIpc) is 2.23. The van der Waals surface area contributed by atoms with Crippen LogP contribution in [0.25, 0.3) is 0 Å². The van der Waals surface area contributed by atoms with Crippen molar-refractivity contribution in [1.82, 2.24) is 0 Å². The standard InChI is InChI=1S/C10H16.C9H16/c1-9(2)7-5-6-8-10(3)4;1-8(2)6-5-7-9(3)4/h5-8H,1-4H3;5-8H,1-4H3. The molecule has 0 rings (SSSR count). The Morgan fingerprint density at radius 2 is 0.895 bits per heavy atom. The van der Waals surface area contributed by atoms with Crippen LogP contribution in [0.3, 0.4) is 0 Å². The molecule has 0 aromatic carbocycles. The average molecular weight is 260 g/mol. The Balaban J connectivity index is 0. The minimum atomic E-state index is 0.667. The highest BCUT2D eigenvalue weighted by molar-refractivity contribution is 5.16. The minimum absolute atomic E-state index is 0.667. The zero-order valence-corrected chi connectivity index (χ0v) is 14.1. The van der Waals surface area contributed by atoms with E-state index in [0.717, 1.165) is 0 Å². The third kappa shape index (κ3) is 26.4. The molecule has 0 fully saturated rings. The van der Waals surface area contributed by atoms with Crippen molar-refractivity contribution in [3.63, 3.8) is 0 Å². The van der Waals surface area contributed by atoms with E-state index in [4.69, 9.17) is 0 Å². The summed E-state index contributed by atoms with van der Waals surface area (Å²) in [5.41, 5.74) is 4.02. The molecule has 0 heterocycles. The lowest BCUT2D eigenvalue weighted by molar-refractivity contribution is 0.832. The fourth-order valence-corrected chi connectivity index (χ4v) is 0.966. The van der Waals surface area contributed by atoms with Crippen LogP contribution in [0.2, 0.25) is 0 Å². The quantitative estimate of drug-likeness (QED) is 0.497. The second-order valence-corrected chi connectivity index (χ2v) is 5.75. The predicted octanol–water partition coefficient (Wildman–Crippen LogP) is 6.64. The zero-order chi connectivity index (χ0) is 15.3. The van der Waals surface area contributed by atoms with E-state index >= 15 is 0 Å². The minimum Gasteiger partial charge on any atom is -0.0820 e. The third-order valence-corrected chi connectivity index (χ3v) is 1.90. The van der Waals surface area contributed by atoms with E-state index in [1.54, 1.807) is 0 Å². The molecule has 0 heteroatoms. The van der Waals surface area contributed by atoms with E-state index in [1.807, 2.05) is 0 Å². The van der Waals surface area contributed by atoms with Gasteiger partial charge in [-0.1, -0.05) is 73.1 Å². The fraction of sp³-hybridized carbons (Fsp3) is 0.474. The molecule has 0 bridgehead atoms. The van der Waals surface area contributed by atoms with Gasteiger partial charge in [0.2, 0.25) is 0 Å². The van der Waals surface area contributed by atoms with E-state index < -0.39 is 0 Å². The molecule has 19 heavy (non-hydrogen) atoms. The largest absolute Gasteiger partial charge is 0.0820 e. The van der Waals surface area contributed by atoms with Crippen LogP contribution in [0.15, 0.2) is 59.3 Å². The summed E-state index contributed by atoms with van der Waals surface area (Å²) in [6.07, 6.45) is 14.7. The topological polar surface area (TPSA) is 0 Å². The van der Waals surface area contributed by atoms with Gasteiger partial charge in [0.05, 0.1) is 0 Å². The number of allylic oxidation sites excluding steroid dienone is 10. The summed E-state index contributed by atoms with van der Waals surface area (Å²) in [5.74, 6) is 0.667. The molecule has 0 aliphatic rings. The van der Waals surface area contributed by atoms with Crippen LogP contribution in [0.5, 0.6) is 0 Å². The van der Waals surface area contributed by atoms with Crippen molar-refractivity contribution in [2.75, 3.05) is 0 Å². The van der Waals surface area contributed by atoms with Crippen molar-refractivity contribution in [2.45, 2.75) is 55.4 Å². The summed E-state index contributed by atoms with van der Waals surface area (Å²) in [5, 5.41) is 0. The van der Waals surface area contributed by atoms with Gasteiger partial charge in [0.15, 0.2) is 0 Å². The Morgan fingerprint density at radius 1 is 0.579 bits per heavy atom. The lowest BCUT2D eigenvalue weighted by Gasteiger charge is -1.89. The highest BCUT2D eigenvalue weighted by Crippen LogP contribution is 1.95. The Bertz CT molecular complexity index is 325.